The van der Waals surface area contributed by atoms with E-state index in [9.17, 15) is 4.79 Å². The van der Waals surface area contributed by atoms with Crippen molar-refractivity contribution in [2.75, 3.05) is 32.7 Å². The minimum absolute atomic E-state index is 0. The van der Waals surface area contributed by atoms with Crippen LogP contribution < -0.4 is 5.73 Å². The van der Waals surface area contributed by atoms with Crippen molar-refractivity contribution in [1.29, 1.82) is 0 Å². The molecule has 8 heteroatoms. The summed E-state index contributed by atoms with van der Waals surface area (Å²) in [5, 5.41) is 2.80. The molecule has 0 atom stereocenters. The summed E-state index contributed by atoms with van der Waals surface area (Å²) in [7, 11) is 0. The summed E-state index contributed by atoms with van der Waals surface area (Å²) < 4.78 is 0. The van der Waals surface area contributed by atoms with Crippen LogP contribution in [0.5, 0.6) is 0 Å². The van der Waals surface area contributed by atoms with E-state index < -0.39 is 0 Å². The summed E-state index contributed by atoms with van der Waals surface area (Å²) in [4.78, 5) is 21.0. The standard InChI is InChI=1S/C13H22N4OS.2ClH/c1-10(2)16-5-7-17(8-6-16)13(18)11-9-19-12(15-11)3-4-14;;/h9-10H,3-8,14H2,1-2H3;2*1H. The zero-order valence-corrected chi connectivity index (χ0v) is 14.9. The highest BCUT2D eigenvalue weighted by molar-refractivity contribution is 7.09. The van der Waals surface area contributed by atoms with Crippen molar-refractivity contribution < 1.29 is 4.79 Å². The van der Waals surface area contributed by atoms with E-state index in [4.69, 9.17) is 5.73 Å². The van der Waals surface area contributed by atoms with Gasteiger partial charge in [0.05, 0.1) is 5.01 Å². The highest BCUT2D eigenvalue weighted by atomic mass is 35.5. The van der Waals surface area contributed by atoms with Crippen molar-refractivity contribution in [1.82, 2.24) is 14.8 Å². The van der Waals surface area contributed by atoms with Gasteiger partial charge in [0.1, 0.15) is 5.69 Å². The number of carbonyl (C=O) groups is 1. The number of rotatable bonds is 4. The fourth-order valence-electron chi connectivity index (χ4n) is 2.25. The molecule has 0 saturated carbocycles. The minimum atomic E-state index is 0. The molecule has 0 spiro atoms. The van der Waals surface area contributed by atoms with Gasteiger partial charge in [0.15, 0.2) is 0 Å². The second-order valence-corrected chi connectivity index (χ2v) is 6.03. The Bertz CT molecular complexity index is 434. The van der Waals surface area contributed by atoms with Gasteiger partial charge in [0.25, 0.3) is 5.91 Å². The molecule has 122 valence electrons. The average molecular weight is 355 g/mol. The SMILES string of the molecule is CC(C)N1CCN(C(=O)c2csc(CCN)n2)CC1.Cl.Cl. The summed E-state index contributed by atoms with van der Waals surface area (Å²) in [5.74, 6) is 0.0583. The van der Waals surface area contributed by atoms with Crippen LogP contribution in [0.4, 0.5) is 0 Å². The molecule has 2 N–H and O–H groups in total. The number of hydrogen-bond acceptors (Lipinski definition) is 5. The molecule has 2 heterocycles. The molecule has 1 aromatic rings. The summed E-state index contributed by atoms with van der Waals surface area (Å²) in [6.07, 6.45) is 0.749. The Balaban J connectivity index is 0.00000200. The van der Waals surface area contributed by atoms with E-state index >= 15 is 0 Å². The first-order valence-corrected chi connectivity index (χ1v) is 7.67. The predicted octanol–water partition coefficient (Wildman–Crippen LogP) is 1.65. The zero-order chi connectivity index (χ0) is 13.8. The van der Waals surface area contributed by atoms with Crippen molar-refractivity contribution in [2.45, 2.75) is 26.3 Å². The first-order chi connectivity index (χ1) is 9.11. The van der Waals surface area contributed by atoms with E-state index in [2.05, 4.69) is 23.7 Å². The van der Waals surface area contributed by atoms with Crippen molar-refractivity contribution in [3.8, 4) is 0 Å². The van der Waals surface area contributed by atoms with Crippen LogP contribution >= 0.6 is 36.2 Å². The summed E-state index contributed by atoms with van der Waals surface area (Å²) in [6.45, 7) is 8.44. The van der Waals surface area contributed by atoms with E-state index in [0.717, 1.165) is 37.6 Å². The largest absolute Gasteiger partial charge is 0.335 e. The van der Waals surface area contributed by atoms with Gasteiger partial charge in [-0.25, -0.2) is 4.98 Å². The predicted molar refractivity (Wildman–Crippen MR) is 92.0 cm³/mol. The third-order valence-corrected chi connectivity index (χ3v) is 4.37. The molecular weight excluding hydrogens is 331 g/mol. The number of thiazole rings is 1. The molecule has 1 aliphatic heterocycles. The second kappa shape index (κ2) is 9.58. The molecule has 2 rings (SSSR count). The van der Waals surface area contributed by atoms with Crippen LogP contribution in [0.15, 0.2) is 5.38 Å². The van der Waals surface area contributed by atoms with Crippen LogP contribution in [0.1, 0.15) is 29.3 Å². The van der Waals surface area contributed by atoms with E-state index in [0.29, 0.717) is 18.3 Å². The Hall–Kier alpha value is -0.400. The van der Waals surface area contributed by atoms with Gasteiger partial charge in [-0.3, -0.25) is 9.69 Å². The van der Waals surface area contributed by atoms with Gasteiger partial charge in [-0.15, -0.1) is 36.2 Å². The Kier molecular flexibility index (Phi) is 9.40. The van der Waals surface area contributed by atoms with Crippen molar-refractivity contribution in [2.24, 2.45) is 5.73 Å². The number of aromatic nitrogens is 1. The van der Waals surface area contributed by atoms with Gasteiger partial charge >= 0.3 is 0 Å². The molecule has 0 radical (unpaired) electrons. The summed E-state index contributed by atoms with van der Waals surface area (Å²) >= 11 is 1.52. The smallest absolute Gasteiger partial charge is 0.273 e. The molecule has 1 fully saturated rings. The van der Waals surface area contributed by atoms with Crippen molar-refractivity contribution in [3.05, 3.63) is 16.1 Å². The monoisotopic (exact) mass is 354 g/mol. The van der Waals surface area contributed by atoms with Crippen LogP contribution in [0, 0.1) is 0 Å². The second-order valence-electron chi connectivity index (χ2n) is 5.09. The minimum Gasteiger partial charge on any atom is -0.335 e. The van der Waals surface area contributed by atoms with Gasteiger partial charge in [0.2, 0.25) is 0 Å². The third kappa shape index (κ3) is 5.38. The Morgan fingerprint density at radius 3 is 2.48 bits per heavy atom. The van der Waals surface area contributed by atoms with E-state index in [1.165, 1.54) is 11.3 Å². The molecule has 5 nitrogen and oxygen atoms in total. The molecule has 0 aromatic carbocycles. The third-order valence-electron chi connectivity index (χ3n) is 3.46. The zero-order valence-electron chi connectivity index (χ0n) is 12.4. The molecule has 0 bridgehead atoms. The lowest BCUT2D eigenvalue weighted by Gasteiger charge is -2.36. The number of hydrogen-bond donors (Lipinski definition) is 1. The van der Waals surface area contributed by atoms with E-state index in [-0.39, 0.29) is 30.7 Å². The lowest BCUT2D eigenvalue weighted by molar-refractivity contribution is 0.0590. The van der Waals surface area contributed by atoms with E-state index in [1.807, 2.05) is 10.3 Å². The highest BCUT2D eigenvalue weighted by Crippen LogP contribution is 2.14. The first-order valence-electron chi connectivity index (χ1n) is 6.79. The lowest BCUT2D eigenvalue weighted by atomic mass is 10.2. The van der Waals surface area contributed by atoms with Crippen molar-refractivity contribution >= 4 is 42.1 Å². The van der Waals surface area contributed by atoms with Crippen LogP contribution in [0.25, 0.3) is 0 Å². The summed E-state index contributed by atoms with van der Waals surface area (Å²) in [5.41, 5.74) is 6.07. The number of carbonyl (C=O) groups excluding carboxylic acids is 1. The molecule has 1 aliphatic rings. The molecule has 1 saturated heterocycles. The quantitative estimate of drug-likeness (QED) is 0.892. The fourth-order valence-corrected chi connectivity index (χ4v) is 3.04. The van der Waals surface area contributed by atoms with Crippen LogP contribution in [-0.2, 0) is 6.42 Å². The molecular formula is C13H24Cl2N4OS. The fraction of sp³-hybridized carbons (Fsp3) is 0.692. The molecule has 1 aromatic heterocycles. The lowest BCUT2D eigenvalue weighted by Crippen LogP contribution is -2.50. The van der Waals surface area contributed by atoms with E-state index in [1.54, 1.807) is 0 Å². The molecule has 1 amide bonds. The maximum Gasteiger partial charge on any atom is 0.273 e. The number of piperazine rings is 1. The van der Waals surface area contributed by atoms with Gasteiger partial charge < -0.3 is 10.6 Å². The first kappa shape index (κ1) is 20.6. The number of nitrogens with zero attached hydrogens (tertiary/aromatic N) is 3. The van der Waals surface area contributed by atoms with Gasteiger partial charge in [-0.1, -0.05) is 0 Å². The Labute approximate surface area is 142 Å². The maximum absolute atomic E-state index is 12.3. The van der Waals surface area contributed by atoms with Gasteiger partial charge in [-0.2, -0.15) is 0 Å². The average Bonchev–Trinajstić information content (AvgIpc) is 2.87. The normalized spacial score (nSPS) is 15.5. The van der Waals surface area contributed by atoms with Crippen LogP contribution in [0.3, 0.4) is 0 Å². The number of amides is 1. The maximum atomic E-state index is 12.3. The van der Waals surface area contributed by atoms with Gasteiger partial charge in [0, 0.05) is 44.0 Å². The topological polar surface area (TPSA) is 62.5 Å². The number of halogens is 2. The Morgan fingerprint density at radius 2 is 1.95 bits per heavy atom. The van der Waals surface area contributed by atoms with Crippen LogP contribution in [0.2, 0.25) is 0 Å². The number of nitrogens with two attached hydrogens (primary N) is 1. The highest BCUT2D eigenvalue weighted by Gasteiger charge is 2.24. The van der Waals surface area contributed by atoms with Crippen LogP contribution in [-0.4, -0.2) is 59.5 Å². The van der Waals surface area contributed by atoms with Gasteiger partial charge in [-0.05, 0) is 20.4 Å². The molecule has 21 heavy (non-hydrogen) atoms. The Morgan fingerprint density at radius 1 is 1.33 bits per heavy atom. The molecule has 0 unspecified atom stereocenters. The summed E-state index contributed by atoms with van der Waals surface area (Å²) in [6, 6.07) is 0.549. The van der Waals surface area contributed by atoms with Crippen molar-refractivity contribution in [3.63, 3.8) is 0 Å². The molecule has 0 aliphatic carbocycles.